The first-order valence-electron chi connectivity index (χ1n) is 9.10. The van der Waals surface area contributed by atoms with Crippen molar-refractivity contribution >= 4 is 23.6 Å². The summed E-state index contributed by atoms with van der Waals surface area (Å²) in [4.78, 5) is 37.0. The van der Waals surface area contributed by atoms with Gasteiger partial charge in [-0.15, -0.1) is 6.58 Å². The number of ether oxygens (including phenoxy) is 1. The van der Waals surface area contributed by atoms with Crippen LogP contribution in [0.25, 0.3) is 0 Å². The van der Waals surface area contributed by atoms with Gasteiger partial charge in [-0.3, -0.25) is 9.69 Å². The number of rotatable bonds is 5. The molecule has 2 unspecified atom stereocenters. The number of hydrogen-bond acceptors (Lipinski definition) is 6. The van der Waals surface area contributed by atoms with E-state index in [0.717, 1.165) is 23.9 Å². The molecule has 2 fully saturated rings. The standard InChI is InChI=1S/C19H23N5O3/c1-4-10-24-17(25)15-16(21(3)19(24)26)20-18-22(11-12-23(15)18)13-6-8-14(9-7-13)27-5-2/h4,6-9,15-16H,1,5,10-12H2,2-3H3. The zero-order valence-electron chi connectivity index (χ0n) is 15.5. The molecule has 0 radical (unpaired) electrons. The number of anilines is 1. The van der Waals surface area contributed by atoms with E-state index >= 15 is 0 Å². The Bertz CT molecular complexity index is 806. The van der Waals surface area contributed by atoms with Gasteiger partial charge >= 0.3 is 6.03 Å². The molecule has 0 bridgehead atoms. The number of carbonyl (C=O) groups is 2. The van der Waals surface area contributed by atoms with Crippen LogP contribution < -0.4 is 9.64 Å². The van der Waals surface area contributed by atoms with E-state index < -0.39 is 12.2 Å². The van der Waals surface area contributed by atoms with Gasteiger partial charge in [0.05, 0.1) is 6.61 Å². The molecule has 0 aromatic heterocycles. The van der Waals surface area contributed by atoms with Crippen LogP contribution in [0.1, 0.15) is 6.92 Å². The molecule has 27 heavy (non-hydrogen) atoms. The van der Waals surface area contributed by atoms with E-state index in [1.165, 1.54) is 9.80 Å². The fourth-order valence-corrected chi connectivity index (χ4v) is 3.87. The van der Waals surface area contributed by atoms with Gasteiger partial charge in [-0.2, -0.15) is 0 Å². The zero-order valence-corrected chi connectivity index (χ0v) is 15.5. The number of likely N-dealkylation sites (N-methyl/N-ethyl adjacent to an activating group) is 1. The topological polar surface area (TPSA) is 68.7 Å². The maximum atomic E-state index is 12.9. The van der Waals surface area contributed by atoms with Gasteiger partial charge in [0.1, 0.15) is 5.75 Å². The van der Waals surface area contributed by atoms with Crippen LogP contribution >= 0.6 is 0 Å². The van der Waals surface area contributed by atoms with Crippen molar-refractivity contribution in [2.75, 3.05) is 38.2 Å². The molecule has 0 N–H and O–H groups in total. The number of urea groups is 1. The van der Waals surface area contributed by atoms with Gasteiger partial charge in [0.2, 0.25) is 5.96 Å². The molecule has 3 heterocycles. The van der Waals surface area contributed by atoms with Crippen LogP contribution in [0.15, 0.2) is 41.9 Å². The summed E-state index contributed by atoms with van der Waals surface area (Å²) in [6, 6.07) is 7.02. The highest BCUT2D eigenvalue weighted by molar-refractivity contribution is 6.08. The number of imide groups is 1. The molecule has 142 valence electrons. The van der Waals surface area contributed by atoms with Gasteiger partial charge in [0, 0.05) is 32.4 Å². The Kier molecular flexibility index (Phi) is 4.25. The van der Waals surface area contributed by atoms with Gasteiger partial charge < -0.3 is 19.4 Å². The maximum absolute atomic E-state index is 12.9. The van der Waals surface area contributed by atoms with E-state index in [2.05, 4.69) is 11.5 Å². The van der Waals surface area contributed by atoms with E-state index in [1.54, 1.807) is 13.1 Å². The molecule has 4 rings (SSSR count). The number of hydrogen-bond donors (Lipinski definition) is 0. The Labute approximate surface area is 158 Å². The first kappa shape index (κ1) is 17.4. The molecule has 0 aliphatic carbocycles. The predicted molar refractivity (Wildman–Crippen MR) is 102 cm³/mol. The molecule has 3 aliphatic heterocycles. The Hall–Kier alpha value is -3.03. The van der Waals surface area contributed by atoms with Crippen molar-refractivity contribution in [1.29, 1.82) is 0 Å². The zero-order chi connectivity index (χ0) is 19.1. The van der Waals surface area contributed by atoms with Gasteiger partial charge in [-0.25, -0.2) is 9.79 Å². The quantitative estimate of drug-likeness (QED) is 0.733. The second-order valence-corrected chi connectivity index (χ2v) is 6.69. The molecule has 8 nitrogen and oxygen atoms in total. The number of benzene rings is 1. The molecular formula is C19H23N5O3. The average Bonchev–Trinajstić information content (AvgIpc) is 3.24. The number of aliphatic imine (C=N–C) groups is 1. The van der Waals surface area contributed by atoms with Gasteiger partial charge in [0.15, 0.2) is 12.2 Å². The van der Waals surface area contributed by atoms with E-state index in [-0.39, 0.29) is 18.5 Å². The first-order valence-corrected chi connectivity index (χ1v) is 9.10. The van der Waals surface area contributed by atoms with E-state index in [1.807, 2.05) is 36.1 Å². The molecule has 0 saturated carbocycles. The molecule has 8 heteroatoms. The Morgan fingerprint density at radius 2 is 2.00 bits per heavy atom. The minimum Gasteiger partial charge on any atom is -0.494 e. The fraction of sp³-hybridized carbons (Fsp3) is 0.421. The van der Waals surface area contributed by atoms with Crippen molar-refractivity contribution in [3.8, 4) is 5.75 Å². The van der Waals surface area contributed by atoms with Crippen LogP contribution in [0.5, 0.6) is 5.75 Å². The summed E-state index contributed by atoms with van der Waals surface area (Å²) < 4.78 is 5.50. The summed E-state index contributed by atoms with van der Waals surface area (Å²) >= 11 is 0. The average molecular weight is 369 g/mol. The molecule has 2 saturated heterocycles. The molecule has 2 atom stereocenters. The summed E-state index contributed by atoms with van der Waals surface area (Å²) in [6.45, 7) is 7.85. The predicted octanol–water partition coefficient (Wildman–Crippen LogP) is 1.35. The third kappa shape index (κ3) is 2.63. The van der Waals surface area contributed by atoms with Crippen molar-refractivity contribution in [2.45, 2.75) is 19.1 Å². The summed E-state index contributed by atoms with van der Waals surface area (Å²) in [6.07, 6.45) is 1.07. The monoisotopic (exact) mass is 369 g/mol. The summed E-state index contributed by atoms with van der Waals surface area (Å²) in [7, 11) is 1.69. The van der Waals surface area contributed by atoms with Gasteiger partial charge in [-0.05, 0) is 31.2 Å². The van der Waals surface area contributed by atoms with Crippen LogP contribution in [0, 0.1) is 0 Å². The largest absolute Gasteiger partial charge is 0.494 e. The number of guanidine groups is 1. The summed E-state index contributed by atoms with van der Waals surface area (Å²) in [5.41, 5.74) is 0.989. The van der Waals surface area contributed by atoms with E-state index in [0.29, 0.717) is 13.2 Å². The lowest BCUT2D eigenvalue weighted by molar-refractivity contribution is -0.136. The third-order valence-electron chi connectivity index (χ3n) is 5.15. The van der Waals surface area contributed by atoms with Gasteiger partial charge in [-0.1, -0.05) is 6.08 Å². The second-order valence-electron chi connectivity index (χ2n) is 6.69. The van der Waals surface area contributed by atoms with Crippen LogP contribution in [0.2, 0.25) is 0 Å². The van der Waals surface area contributed by atoms with Crippen molar-refractivity contribution < 1.29 is 14.3 Å². The highest BCUT2D eigenvalue weighted by Crippen LogP contribution is 2.33. The summed E-state index contributed by atoms with van der Waals surface area (Å²) in [5.74, 6) is 1.35. The summed E-state index contributed by atoms with van der Waals surface area (Å²) in [5, 5.41) is 0. The highest BCUT2D eigenvalue weighted by Gasteiger charge is 2.54. The first-order chi connectivity index (χ1) is 13.1. The SMILES string of the molecule is C=CCN1C(=O)C2C(N=C3N(c4ccc(OCC)cc4)CCN32)N(C)C1=O. The maximum Gasteiger partial charge on any atom is 0.328 e. The second kappa shape index (κ2) is 6.61. The van der Waals surface area contributed by atoms with E-state index in [9.17, 15) is 9.59 Å². The normalized spacial score (nSPS) is 24.1. The minimum atomic E-state index is -0.494. The molecule has 0 spiro atoms. The lowest BCUT2D eigenvalue weighted by atomic mass is 10.1. The number of nitrogens with zero attached hydrogens (tertiary/aromatic N) is 5. The Balaban J connectivity index is 1.62. The number of amides is 3. The fourth-order valence-electron chi connectivity index (χ4n) is 3.87. The number of fused-ring (bicyclic) bond motifs is 3. The van der Waals surface area contributed by atoms with Crippen molar-refractivity contribution in [2.24, 2.45) is 4.99 Å². The highest BCUT2D eigenvalue weighted by atomic mass is 16.5. The number of carbonyl (C=O) groups excluding carboxylic acids is 2. The van der Waals surface area contributed by atoms with E-state index in [4.69, 9.17) is 9.73 Å². The molecule has 1 aromatic carbocycles. The van der Waals surface area contributed by atoms with Gasteiger partial charge in [0.25, 0.3) is 5.91 Å². The van der Waals surface area contributed by atoms with Crippen LogP contribution in [0.4, 0.5) is 10.5 Å². The Morgan fingerprint density at radius 1 is 1.26 bits per heavy atom. The lowest BCUT2D eigenvalue weighted by Gasteiger charge is -2.40. The molecule has 1 aromatic rings. The molecule has 3 amide bonds. The van der Waals surface area contributed by atoms with Crippen LogP contribution in [-0.2, 0) is 4.79 Å². The smallest absolute Gasteiger partial charge is 0.328 e. The lowest BCUT2D eigenvalue weighted by Crippen LogP contribution is -2.64. The van der Waals surface area contributed by atoms with Crippen molar-refractivity contribution in [1.82, 2.24) is 14.7 Å². The van der Waals surface area contributed by atoms with Crippen molar-refractivity contribution in [3.05, 3.63) is 36.9 Å². The molecular weight excluding hydrogens is 346 g/mol. The van der Waals surface area contributed by atoms with Crippen LogP contribution in [-0.4, -0.2) is 78.1 Å². The van der Waals surface area contributed by atoms with Crippen LogP contribution in [0.3, 0.4) is 0 Å². The third-order valence-corrected chi connectivity index (χ3v) is 5.15. The minimum absolute atomic E-state index is 0.205. The molecule has 3 aliphatic rings. The van der Waals surface area contributed by atoms with Crippen molar-refractivity contribution in [3.63, 3.8) is 0 Å². The Morgan fingerprint density at radius 3 is 2.67 bits per heavy atom.